The first kappa shape index (κ1) is 17.9. The van der Waals surface area contributed by atoms with Gasteiger partial charge >= 0.3 is 5.97 Å². The fraction of sp³-hybridized carbons (Fsp3) is 0.350. The van der Waals surface area contributed by atoms with E-state index in [4.69, 9.17) is 9.15 Å². The highest BCUT2D eigenvalue weighted by molar-refractivity contribution is 5.98. The molecule has 0 spiro atoms. The van der Waals surface area contributed by atoms with Crippen molar-refractivity contribution in [3.63, 3.8) is 0 Å². The van der Waals surface area contributed by atoms with E-state index in [-0.39, 0.29) is 31.3 Å². The summed E-state index contributed by atoms with van der Waals surface area (Å²) in [5.41, 5.74) is 1.65. The van der Waals surface area contributed by atoms with Gasteiger partial charge in [0.1, 0.15) is 5.76 Å². The standard InChI is InChI=1S/C20H21NO5/c1-2-14-5-7-15(8-6-14)18(22)13-26-20(24)16-10-19(23)21(11-16)12-17-4-3-9-25-17/h3-9,16H,2,10-13H2,1H3/t16-/m0/s1. The van der Waals surface area contributed by atoms with Crippen molar-refractivity contribution in [2.75, 3.05) is 13.2 Å². The molecule has 0 unspecified atom stereocenters. The number of hydrogen-bond acceptors (Lipinski definition) is 5. The molecule has 1 atom stereocenters. The third-order valence-electron chi connectivity index (χ3n) is 4.50. The lowest BCUT2D eigenvalue weighted by Crippen LogP contribution is -2.27. The molecule has 1 aromatic heterocycles. The number of aryl methyl sites for hydroxylation is 1. The molecule has 1 aliphatic rings. The minimum atomic E-state index is -0.548. The topological polar surface area (TPSA) is 76.8 Å². The van der Waals surface area contributed by atoms with Crippen LogP contribution in [0.1, 0.15) is 35.0 Å². The number of nitrogens with zero attached hydrogens (tertiary/aromatic N) is 1. The van der Waals surface area contributed by atoms with Crippen LogP contribution in [0.2, 0.25) is 0 Å². The van der Waals surface area contributed by atoms with Gasteiger partial charge in [-0.15, -0.1) is 0 Å². The number of benzene rings is 1. The maximum Gasteiger partial charge on any atom is 0.311 e. The molecule has 26 heavy (non-hydrogen) atoms. The van der Waals surface area contributed by atoms with Crippen LogP contribution >= 0.6 is 0 Å². The van der Waals surface area contributed by atoms with Gasteiger partial charge < -0.3 is 14.1 Å². The lowest BCUT2D eigenvalue weighted by Gasteiger charge is -2.14. The Kier molecular flexibility index (Phi) is 5.51. The Bertz CT molecular complexity index is 779. The molecule has 2 heterocycles. The van der Waals surface area contributed by atoms with Crippen molar-refractivity contribution < 1.29 is 23.5 Å². The van der Waals surface area contributed by atoms with Crippen molar-refractivity contribution in [3.05, 3.63) is 59.5 Å². The molecule has 0 bridgehead atoms. The molecule has 136 valence electrons. The Morgan fingerprint density at radius 2 is 2.00 bits per heavy atom. The number of carbonyl (C=O) groups excluding carboxylic acids is 3. The minimum Gasteiger partial charge on any atom is -0.467 e. The third kappa shape index (κ3) is 4.20. The van der Waals surface area contributed by atoms with E-state index < -0.39 is 11.9 Å². The van der Waals surface area contributed by atoms with E-state index in [1.54, 1.807) is 35.4 Å². The van der Waals surface area contributed by atoms with Crippen molar-refractivity contribution in [1.82, 2.24) is 4.90 Å². The van der Waals surface area contributed by atoms with Gasteiger partial charge in [0, 0.05) is 18.5 Å². The molecule has 0 radical (unpaired) electrons. The summed E-state index contributed by atoms with van der Waals surface area (Å²) in [7, 11) is 0. The summed E-state index contributed by atoms with van der Waals surface area (Å²) >= 11 is 0. The number of amides is 1. The Hall–Kier alpha value is -2.89. The van der Waals surface area contributed by atoms with E-state index in [2.05, 4.69) is 0 Å². The Balaban J connectivity index is 1.50. The maximum absolute atomic E-state index is 12.2. The summed E-state index contributed by atoms with van der Waals surface area (Å²) in [5.74, 6) is -0.771. The molecule has 1 aromatic carbocycles. The maximum atomic E-state index is 12.2. The quantitative estimate of drug-likeness (QED) is 0.564. The lowest BCUT2D eigenvalue weighted by molar-refractivity contribution is -0.147. The molecule has 1 amide bonds. The first-order chi connectivity index (χ1) is 12.6. The van der Waals surface area contributed by atoms with Crippen LogP contribution in [0.3, 0.4) is 0 Å². The zero-order chi connectivity index (χ0) is 18.5. The van der Waals surface area contributed by atoms with E-state index >= 15 is 0 Å². The first-order valence-corrected chi connectivity index (χ1v) is 8.65. The molecule has 0 aliphatic carbocycles. The second kappa shape index (κ2) is 7.99. The van der Waals surface area contributed by atoms with Gasteiger partial charge in [-0.3, -0.25) is 14.4 Å². The van der Waals surface area contributed by atoms with Crippen molar-refractivity contribution in [2.24, 2.45) is 5.92 Å². The van der Waals surface area contributed by atoms with Crippen molar-refractivity contribution in [3.8, 4) is 0 Å². The Morgan fingerprint density at radius 1 is 1.23 bits per heavy atom. The number of ether oxygens (including phenoxy) is 1. The number of hydrogen-bond donors (Lipinski definition) is 0. The van der Waals surface area contributed by atoms with Crippen molar-refractivity contribution in [2.45, 2.75) is 26.3 Å². The lowest BCUT2D eigenvalue weighted by atomic mass is 10.1. The largest absolute Gasteiger partial charge is 0.467 e. The average Bonchev–Trinajstić information content (AvgIpc) is 3.30. The monoisotopic (exact) mass is 355 g/mol. The van der Waals surface area contributed by atoms with Gasteiger partial charge in [0.05, 0.1) is 18.7 Å². The van der Waals surface area contributed by atoms with E-state index in [1.165, 1.54) is 0 Å². The molecule has 1 aliphatic heterocycles. The molecule has 1 saturated heterocycles. The summed E-state index contributed by atoms with van der Waals surface area (Å²) in [6.45, 7) is 2.33. The van der Waals surface area contributed by atoms with Crippen LogP contribution in [0.15, 0.2) is 47.1 Å². The van der Waals surface area contributed by atoms with Gasteiger partial charge in [-0.25, -0.2) is 0 Å². The number of Topliss-reactive ketones (excluding diaryl/α,β-unsaturated/α-hetero) is 1. The smallest absolute Gasteiger partial charge is 0.311 e. The van der Waals surface area contributed by atoms with Gasteiger partial charge in [0.2, 0.25) is 5.91 Å². The van der Waals surface area contributed by atoms with Crippen LogP contribution in [-0.4, -0.2) is 35.7 Å². The normalized spacial score (nSPS) is 16.7. The molecule has 3 rings (SSSR count). The van der Waals surface area contributed by atoms with E-state index in [0.717, 1.165) is 12.0 Å². The zero-order valence-corrected chi connectivity index (χ0v) is 14.6. The van der Waals surface area contributed by atoms with Crippen LogP contribution in [0, 0.1) is 5.92 Å². The van der Waals surface area contributed by atoms with Gasteiger partial charge in [-0.05, 0) is 24.1 Å². The van der Waals surface area contributed by atoms with Crippen LogP contribution in [-0.2, 0) is 27.3 Å². The van der Waals surface area contributed by atoms with E-state index in [0.29, 0.717) is 17.9 Å². The Morgan fingerprint density at radius 3 is 2.65 bits per heavy atom. The van der Waals surface area contributed by atoms with Gasteiger partial charge in [-0.2, -0.15) is 0 Å². The average molecular weight is 355 g/mol. The predicted molar refractivity (Wildman–Crippen MR) is 93.3 cm³/mol. The highest BCUT2D eigenvalue weighted by atomic mass is 16.5. The van der Waals surface area contributed by atoms with Gasteiger partial charge in [0.25, 0.3) is 0 Å². The highest BCUT2D eigenvalue weighted by Crippen LogP contribution is 2.21. The summed E-state index contributed by atoms with van der Waals surface area (Å²) in [5, 5.41) is 0. The summed E-state index contributed by atoms with van der Waals surface area (Å²) in [6, 6.07) is 10.8. The molecule has 0 saturated carbocycles. The number of furan rings is 1. The van der Waals surface area contributed by atoms with E-state index in [1.807, 2.05) is 19.1 Å². The van der Waals surface area contributed by atoms with Gasteiger partial charge in [-0.1, -0.05) is 31.2 Å². The second-order valence-corrected chi connectivity index (χ2v) is 6.34. The summed E-state index contributed by atoms with van der Waals surface area (Å²) in [4.78, 5) is 37.9. The van der Waals surface area contributed by atoms with Crippen LogP contribution < -0.4 is 0 Å². The molecule has 2 aromatic rings. The summed E-state index contributed by atoms with van der Waals surface area (Å²) in [6.07, 6.45) is 2.53. The molecule has 0 N–H and O–H groups in total. The highest BCUT2D eigenvalue weighted by Gasteiger charge is 2.35. The number of rotatable bonds is 7. The Labute approximate surface area is 151 Å². The van der Waals surface area contributed by atoms with Crippen molar-refractivity contribution >= 4 is 17.7 Å². The van der Waals surface area contributed by atoms with Crippen molar-refractivity contribution in [1.29, 1.82) is 0 Å². The molecule has 6 heteroatoms. The van der Waals surface area contributed by atoms with Gasteiger partial charge in [0.15, 0.2) is 12.4 Å². The number of ketones is 1. The fourth-order valence-corrected chi connectivity index (χ4v) is 2.94. The second-order valence-electron chi connectivity index (χ2n) is 6.34. The third-order valence-corrected chi connectivity index (χ3v) is 4.50. The van der Waals surface area contributed by atoms with Crippen LogP contribution in [0.25, 0.3) is 0 Å². The minimum absolute atomic E-state index is 0.0962. The number of likely N-dealkylation sites (tertiary alicyclic amines) is 1. The van der Waals surface area contributed by atoms with E-state index in [9.17, 15) is 14.4 Å². The molecule has 6 nitrogen and oxygen atoms in total. The summed E-state index contributed by atoms with van der Waals surface area (Å²) < 4.78 is 10.4. The molecular formula is C20H21NO5. The number of carbonyl (C=O) groups is 3. The van der Waals surface area contributed by atoms with Crippen LogP contribution in [0.4, 0.5) is 0 Å². The first-order valence-electron chi connectivity index (χ1n) is 8.65. The number of esters is 1. The van der Waals surface area contributed by atoms with Crippen LogP contribution in [0.5, 0.6) is 0 Å². The zero-order valence-electron chi connectivity index (χ0n) is 14.6. The molecule has 1 fully saturated rings. The fourth-order valence-electron chi connectivity index (χ4n) is 2.94. The SMILES string of the molecule is CCc1ccc(C(=O)COC(=O)[C@H]2CC(=O)N(Cc3ccco3)C2)cc1. The predicted octanol–water partition coefficient (Wildman–Crippen LogP) is 2.62. The molecular weight excluding hydrogens is 334 g/mol.